The molecule has 0 radical (unpaired) electrons. The Hall–Kier alpha value is -4.73. The maximum Gasteiger partial charge on any atom is 0.258 e. The summed E-state index contributed by atoms with van der Waals surface area (Å²) in [7, 11) is -2.27. The Kier molecular flexibility index (Phi) is 8.55. The quantitative estimate of drug-likeness (QED) is 0.271. The molecule has 4 aromatic rings. The van der Waals surface area contributed by atoms with Crippen molar-refractivity contribution in [1.29, 1.82) is 0 Å². The summed E-state index contributed by atoms with van der Waals surface area (Å²) in [6.07, 6.45) is 2.98. The number of nitrogens with zero attached hydrogens (tertiary/aromatic N) is 5. The van der Waals surface area contributed by atoms with Crippen LogP contribution < -0.4 is 15.5 Å². The maximum absolute atomic E-state index is 14.0. The lowest BCUT2D eigenvalue weighted by atomic mass is 9.84. The number of halogens is 2. The van der Waals surface area contributed by atoms with Gasteiger partial charge < -0.3 is 20.4 Å². The Morgan fingerprint density at radius 3 is 2.36 bits per heavy atom. The van der Waals surface area contributed by atoms with Crippen LogP contribution in [0.3, 0.4) is 0 Å². The van der Waals surface area contributed by atoms with Gasteiger partial charge in [-0.3, -0.25) is 19.7 Å². The number of aromatic nitrogens is 3. The van der Waals surface area contributed by atoms with Crippen molar-refractivity contribution in [2.24, 2.45) is 0 Å². The first kappa shape index (κ1) is 32.2. The number of anilines is 3. The summed E-state index contributed by atoms with van der Waals surface area (Å²) in [6, 6.07) is 10.6. The number of H-pyrrole nitrogens is 1. The average Bonchev–Trinajstić information content (AvgIpc) is 3.44. The molecule has 1 fully saturated rings. The van der Waals surface area contributed by atoms with Gasteiger partial charge in [0.05, 0.1) is 21.7 Å². The first-order chi connectivity index (χ1) is 22.3. The van der Waals surface area contributed by atoms with Crippen molar-refractivity contribution in [2.45, 2.75) is 30.7 Å². The fraction of sp³-hybridized carbons (Fsp3) is 0.312. The van der Waals surface area contributed by atoms with Gasteiger partial charge in [-0.05, 0) is 49.5 Å². The molecule has 2 aromatic carbocycles. The van der Waals surface area contributed by atoms with E-state index < -0.39 is 43.8 Å². The SMILES string of the molecule is CN1CCN(c2ccc(C(=O)Nc3n[nH]c4c3CN(S(=O)(=O)c3cc(F)cc(F)c3)CC4(C)C)c(NC(=O)c3cccnc3)c2)CC1. The lowest BCUT2D eigenvalue weighted by Gasteiger charge is -2.36. The first-order valence-electron chi connectivity index (χ1n) is 15.0. The number of amides is 2. The summed E-state index contributed by atoms with van der Waals surface area (Å²) < 4.78 is 56.1. The summed E-state index contributed by atoms with van der Waals surface area (Å²) in [5, 5.41) is 12.9. The second-order valence-electron chi connectivity index (χ2n) is 12.4. The molecule has 0 atom stereocenters. The predicted molar refractivity (Wildman–Crippen MR) is 172 cm³/mol. The molecule has 1 saturated heterocycles. The maximum atomic E-state index is 14.0. The second kappa shape index (κ2) is 12.5. The van der Waals surface area contributed by atoms with Gasteiger partial charge >= 0.3 is 0 Å². The van der Waals surface area contributed by atoms with Crippen molar-refractivity contribution in [3.05, 3.63) is 94.9 Å². The van der Waals surface area contributed by atoms with Crippen LogP contribution in [0.25, 0.3) is 0 Å². The monoisotopic (exact) mass is 664 g/mol. The van der Waals surface area contributed by atoms with Crippen molar-refractivity contribution in [1.82, 2.24) is 24.4 Å². The van der Waals surface area contributed by atoms with Crippen LogP contribution in [0.15, 0.2) is 65.8 Å². The third kappa shape index (κ3) is 6.59. The van der Waals surface area contributed by atoms with Crippen LogP contribution in [0.2, 0.25) is 0 Å². The lowest BCUT2D eigenvalue weighted by molar-refractivity contribution is 0.102. The minimum atomic E-state index is -4.32. The Morgan fingerprint density at radius 1 is 0.957 bits per heavy atom. The van der Waals surface area contributed by atoms with Gasteiger partial charge in [-0.25, -0.2) is 17.2 Å². The number of rotatable bonds is 7. The van der Waals surface area contributed by atoms with Gasteiger partial charge in [-0.1, -0.05) is 13.8 Å². The van der Waals surface area contributed by atoms with E-state index in [9.17, 15) is 26.8 Å². The number of hydrogen-bond acceptors (Lipinski definition) is 8. The highest BCUT2D eigenvalue weighted by atomic mass is 32.2. The summed E-state index contributed by atoms with van der Waals surface area (Å²) in [5.41, 5.74) is 1.80. The van der Waals surface area contributed by atoms with E-state index >= 15 is 0 Å². The van der Waals surface area contributed by atoms with E-state index in [0.29, 0.717) is 22.9 Å². The van der Waals surface area contributed by atoms with Crippen LogP contribution in [0, 0.1) is 11.6 Å². The molecule has 0 spiro atoms. The van der Waals surface area contributed by atoms with E-state index in [1.54, 1.807) is 44.3 Å². The first-order valence-corrected chi connectivity index (χ1v) is 16.4. The van der Waals surface area contributed by atoms with Crippen molar-refractivity contribution >= 4 is 39.0 Å². The molecule has 0 aliphatic carbocycles. The molecule has 6 rings (SSSR count). The minimum absolute atomic E-state index is 0.00563. The van der Waals surface area contributed by atoms with Gasteiger partial charge in [0.15, 0.2) is 5.82 Å². The highest BCUT2D eigenvalue weighted by Gasteiger charge is 2.41. The largest absolute Gasteiger partial charge is 0.369 e. The fourth-order valence-electron chi connectivity index (χ4n) is 5.89. The topological polar surface area (TPSA) is 144 Å². The molecule has 4 heterocycles. The average molecular weight is 665 g/mol. The van der Waals surface area contributed by atoms with Crippen molar-refractivity contribution in [2.75, 3.05) is 55.3 Å². The summed E-state index contributed by atoms with van der Waals surface area (Å²) >= 11 is 0. The zero-order valence-corrected chi connectivity index (χ0v) is 26.9. The third-order valence-corrected chi connectivity index (χ3v) is 10.2. The Balaban J connectivity index is 1.31. The zero-order valence-electron chi connectivity index (χ0n) is 26.0. The highest BCUT2D eigenvalue weighted by molar-refractivity contribution is 7.89. The number of carbonyl (C=O) groups excluding carboxylic acids is 2. The molecule has 3 N–H and O–H groups in total. The number of benzene rings is 2. The lowest BCUT2D eigenvalue weighted by Crippen LogP contribution is -2.45. The molecule has 0 unspecified atom stereocenters. The number of sulfonamides is 1. The standard InChI is InChI=1S/C32H34F2N8O4S/c1-32(2)19-42(47(45,46)24-14-21(33)13-22(34)15-24)18-26-28(32)38-39-29(26)37-31(44)25-7-6-23(41-11-9-40(3)10-12-41)16-27(25)36-30(43)20-5-4-8-35-17-20/h4-8,13-17H,9-12,18-19H2,1-3H3,(H,36,43)(H2,37,38,39,44). The van der Waals surface area contributed by atoms with E-state index in [0.717, 1.165) is 48.3 Å². The van der Waals surface area contributed by atoms with E-state index in [4.69, 9.17) is 0 Å². The number of nitrogens with one attached hydrogen (secondary N) is 3. The molecule has 2 aromatic heterocycles. The van der Waals surface area contributed by atoms with E-state index in [-0.39, 0.29) is 30.2 Å². The van der Waals surface area contributed by atoms with Gasteiger partial charge in [0.2, 0.25) is 10.0 Å². The molecule has 2 aliphatic rings. The Morgan fingerprint density at radius 2 is 1.68 bits per heavy atom. The van der Waals surface area contributed by atoms with Crippen molar-refractivity contribution in [3.8, 4) is 0 Å². The van der Waals surface area contributed by atoms with Gasteiger partial charge in [0.1, 0.15) is 11.6 Å². The number of hydrogen-bond donors (Lipinski definition) is 3. The van der Waals surface area contributed by atoms with Crippen molar-refractivity contribution in [3.63, 3.8) is 0 Å². The molecule has 0 saturated carbocycles. The van der Waals surface area contributed by atoms with E-state index in [1.165, 1.54) is 6.20 Å². The molecule has 2 amide bonds. The second-order valence-corrected chi connectivity index (χ2v) is 14.3. The van der Waals surface area contributed by atoms with Crippen LogP contribution in [0.5, 0.6) is 0 Å². The van der Waals surface area contributed by atoms with E-state index in [2.05, 4.69) is 42.7 Å². The molecule has 246 valence electrons. The molecule has 0 bridgehead atoms. The van der Waals surface area contributed by atoms with Crippen LogP contribution in [0.1, 0.15) is 45.8 Å². The highest BCUT2D eigenvalue weighted by Crippen LogP contribution is 2.38. The van der Waals surface area contributed by atoms with Crippen LogP contribution >= 0.6 is 0 Å². The molecule has 15 heteroatoms. The normalized spacial score (nSPS) is 16.8. The van der Waals surface area contributed by atoms with Crippen LogP contribution in [-0.2, 0) is 22.0 Å². The summed E-state index contributed by atoms with van der Waals surface area (Å²) in [6.45, 7) is 6.65. The van der Waals surface area contributed by atoms with Gasteiger partial charge in [0, 0.05) is 80.1 Å². The fourth-order valence-corrected chi connectivity index (χ4v) is 7.51. The van der Waals surface area contributed by atoms with Gasteiger partial charge in [0.25, 0.3) is 11.8 Å². The molecular weight excluding hydrogens is 630 g/mol. The number of fused-ring (bicyclic) bond motifs is 1. The molecule has 12 nitrogen and oxygen atoms in total. The van der Waals surface area contributed by atoms with Gasteiger partial charge in [-0.15, -0.1) is 0 Å². The Labute approximate surface area is 270 Å². The van der Waals surface area contributed by atoms with Crippen LogP contribution in [0.4, 0.5) is 26.0 Å². The molecular formula is C32H34F2N8O4S. The summed E-state index contributed by atoms with van der Waals surface area (Å²) in [4.78, 5) is 34.9. The third-order valence-electron chi connectivity index (χ3n) is 8.44. The van der Waals surface area contributed by atoms with E-state index in [1.807, 2.05) is 6.07 Å². The number of likely N-dealkylation sites (N-methyl/N-ethyl adjacent to an activating group) is 1. The smallest absolute Gasteiger partial charge is 0.258 e. The Bertz CT molecular complexity index is 1920. The van der Waals surface area contributed by atoms with Gasteiger partial charge in [-0.2, -0.15) is 9.40 Å². The molecule has 47 heavy (non-hydrogen) atoms. The minimum Gasteiger partial charge on any atom is -0.369 e. The van der Waals surface area contributed by atoms with Crippen molar-refractivity contribution < 1.29 is 26.8 Å². The molecule has 2 aliphatic heterocycles. The summed E-state index contributed by atoms with van der Waals surface area (Å²) in [5.74, 6) is -2.97. The predicted octanol–water partition coefficient (Wildman–Crippen LogP) is 3.82. The number of pyridine rings is 1. The zero-order chi connectivity index (χ0) is 33.5. The number of carbonyl (C=O) groups is 2. The number of piperazine rings is 1. The number of aromatic amines is 1. The van der Waals surface area contributed by atoms with Crippen LogP contribution in [-0.4, -0.2) is 84.4 Å².